The topological polar surface area (TPSA) is 36.4 Å². The van der Waals surface area contributed by atoms with E-state index >= 15 is 0 Å². The fraction of sp³-hybridized carbons (Fsp3) is 0.444. The summed E-state index contributed by atoms with van der Waals surface area (Å²) in [5.41, 5.74) is 2.33. The molecule has 4 nitrogen and oxygen atoms in total. The van der Waals surface area contributed by atoms with E-state index in [1.807, 2.05) is 12.3 Å². The van der Waals surface area contributed by atoms with Gasteiger partial charge in [0.15, 0.2) is 0 Å². The molecule has 1 aromatic carbocycles. The van der Waals surface area contributed by atoms with Crippen molar-refractivity contribution in [1.29, 1.82) is 0 Å². The summed E-state index contributed by atoms with van der Waals surface area (Å²) in [6, 6.07) is 10.9. The van der Waals surface area contributed by atoms with Gasteiger partial charge >= 0.3 is 0 Å². The van der Waals surface area contributed by atoms with Crippen molar-refractivity contribution < 1.29 is 4.79 Å². The lowest BCUT2D eigenvalue weighted by Crippen LogP contribution is -2.45. The average Bonchev–Trinajstić information content (AvgIpc) is 3.01. The Hall–Kier alpha value is -2.10. The second kappa shape index (κ2) is 5.59. The SMILES string of the molecule is O=C1CCCN1C1CCN(c2ccnc3ccccc23)CC1. The molecule has 22 heavy (non-hydrogen) atoms. The molecule has 0 N–H and O–H groups in total. The number of hydrogen-bond acceptors (Lipinski definition) is 3. The van der Waals surface area contributed by atoms with Crippen LogP contribution in [0.2, 0.25) is 0 Å². The summed E-state index contributed by atoms with van der Waals surface area (Å²) in [5, 5.41) is 1.22. The van der Waals surface area contributed by atoms with Gasteiger partial charge in [-0.2, -0.15) is 0 Å². The molecular formula is C18H21N3O. The number of amides is 1. The zero-order valence-electron chi connectivity index (χ0n) is 12.7. The highest BCUT2D eigenvalue weighted by Crippen LogP contribution is 2.29. The first-order valence-corrected chi connectivity index (χ1v) is 8.21. The van der Waals surface area contributed by atoms with Crippen molar-refractivity contribution in [1.82, 2.24) is 9.88 Å². The molecule has 3 heterocycles. The first kappa shape index (κ1) is 13.6. The monoisotopic (exact) mass is 295 g/mol. The maximum Gasteiger partial charge on any atom is 0.222 e. The minimum absolute atomic E-state index is 0.354. The minimum atomic E-state index is 0.354. The smallest absolute Gasteiger partial charge is 0.222 e. The van der Waals surface area contributed by atoms with Crippen molar-refractivity contribution >= 4 is 22.5 Å². The first-order chi connectivity index (χ1) is 10.8. The van der Waals surface area contributed by atoms with Gasteiger partial charge in [-0.3, -0.25) is 9.78 Å². The van der Waals surface area contributed by atoms with Crippen molar-refractivity contribution in [3.63, 3.8) is 0 Å². The normalized spacial score (nSPS) is 20.1. The summed E-state index contributed by atoms with van der Waals surface area (Å²) in [7, 11) is 0. The number of carbonyl (C=O) groups excluding carboxylic acids is 1. The number of para-hydroxylation sites is 1. The van der Waals surface area contributed by atoms with Crippen LogP contribution in [-0.4, -0.2) is 41.5 Å². The fourth-order valence-electron chi connectivity index (χ4n) is 3.83. The lowest BCUT2D eigenvalue weighted by atomic mass is 10.0. The van der Waals surface area contributed by atoms with Crippen LogP contribution in [0.1, 0.15) is 25.7 Å². The standard InChI is InChI=1S/C18H21N3O/c22-18-6-3-11-21(18)14-8-12-20(13-9-14)17-7-10-19-16-5-2-1-4-15(16)17/h1-2,4-5,7,10,14H,3,6,8-9,11-13H2. The van der Waals surface area contributed by atoms with Gasteiger partial charge < -0.3 is 9.80 Å². The van der Waals surface area contributed by atoms with Gasteiger partial charge in [-0.05, 0) is 31.4 Å². The van der Waals surface area contributed by atoms with Crippen molar-refractivity contribution in [2.24, 2.45) is 0 Å². The number of carbonyl (C=O) groups is 1. The Morgan fingerprint density at radius 1 is 1.05 bits per heavy atom. The Labute approximate surface area is 130 Å². The third-order valence-electron chi connectivity index (χ3n) is 4.98. The van der Waals surface area contributed by atoms with Gasteiger partial charge in [-0.15, -0.1) is 0 Å². The van der Waals surface area contributed by atoms with Crippen LogP contribution in [0.5, 0.6) is 0 Å². The van der Waals surface area contributed by atoms with Crippen molar-refractivity contribution in [2.45, 2.75) is 31.7 Å². The number of nitrogens with zero attached hydrogens (tertiary/aromatic N) is 3. The number of rotatable bonds is 2. The number of likely N-dealkylation sites (tertiary alicyclic amines) is 1. The van der Waals surface area contributed by atoms with E-state index < -0.39 is 0 Å². The molecule has 0 radical (unpaired) electrons. The van der Waals surface area contributed by atoms with E-state index in [0.717, 1.165) is 50.8 Å². The van der Waals surface area contributed by atoms with Crippen LogP contribution in [0.15, 0.2) is 36.5 Å². The van der Waals surface area contributed by atoms with Gasteiger partial charge in [-0.1, -0.05) is 18.2 Å². The Morgan fingerprint density at radius 2 is 1.86 bits per heavy atom. The molecule has 0 aliphatic carbocycles. The van der Waals surface area contributed by atoms with Crippen LogP contribution in [0, 0.1) is 0 Å². The molecule has 2 aliphatic heterocycles. The lowest BCUT2D eigenvalue weighted by Gasteiger charge is -2.38. The van der Waals surface area contributed by atoms with E-state index in [1.54, 1.807) is 0 Å². The van der Waals surface area contributed by atoms with Gasteiger partial charge in [0.1, 0.15) is 0 Å². The third kappa shape index (κ3) is 2.32. The van der Waals surface area contributed by atoms with E-state index in [-0.39, 0.29) is 0 Å². The molecule has 1 amide bonds. The van der Waals surface area contributed by atoms with Crippen LogP contribution in [0.25, 0.3) is 10.9 Å². The third-order valence-corrected chi connectivity index (χ3v) is 4.98. The summed E-state index contributed by atoms with van der Waals surface area (Å²) in [6.07, 6.45) is 5.82. The van der Waals surface area contributed by atoms with Crippen molar-refractivity contribution in [2.75, 3.05) is 24.5 Å². The predicted molar refractivity (Wildman–Crippen MR) is 87.9 cm³/mol. The molecule has 0 saturated carbocycles. The highest BCUT2D eigenvalue weighted by Gasteiger charge is 2.30. The number of fused-ring (bicyclic) bond motifs is 1. The molecule has 0 spiro atoms. The minimum Gasteiger partial charge on any atom is -0.371 e. The van der Waals surface area contributed by atoms with Gasteiger partial charge in [0.05, 0.1) is 5.52 Å². The van der Waals surface area contributed by atoms with E-state index in [9.17, 15) is 4.79 Å². The Kier molecular flexibility index (Phi) is 3.45. The number of piperidine rings is 1. The van der Waals surface area contributed by atoms with Crippen LogP contribution in [0.4, 0.5) is 5.69 Å². The highest BCUT2D eigenvalue weighted by atomic mass is 16.2. The average molecular weight is 295 g/mol. The molecule has 0 unspecified atom stereocenters. The number of benzene rings is 1. The molecule has 2 aromatic rings. The molecule has 2 aliphatic rings. The zero-order valence-corrected chi connectivity index (χ0v) is 12.7. The van der Waals surface area contributed by atoms with Gasteiger partial charge in [0.2, 0.25) is 5.91 Å². The van der Waals surface area contributed by atoms with Crippen LogP contribution in [-0.2, 0) is 4.79 Å². The van der Waals surface area contributed by atoms with E-state index in [1.165, 1.54) is 11.1 Å². The molecule has 114 valence electrons. The zero-order chi connectivity index (χ0) is 14.9. The fourth-order valence-corrected chi connectivity index (χ4v) is 3.83. The van der Waals surface area contributed by atoms with E-state index in [2.05, 4.69) is 39.0 Å². The molecular weight excluding hydrogens is 274 g/mol. The van der Waals surface area contributed by atoms with Crippen LogP contribution < -0.4 is 4.90 Å². The van der Waals surface area contributed by atoms with Crippen LogP contribution in [0.3, 0.4) is 0 Å². The summed E-state index contributed by atoms with van der Waals surface area (Å²) in [4.78, 5) is 20.9. The second-order valence-electron chi connectivity index (χ2n) is 6.26. The highest BCUT2D eigenvalue weighted by molar-refractivity contribution is 5.91. The predicted octanol–water partition coefficient (Wildman–Crippen LogP) is 2.83. The number of pyridine rings is 1. The summed E-state index contributed by atoms with van der Waals surface area (Å²) in [5.74, 6) is 0.354. The van der Waals surface area contributed by atoms with Crippen molar-refractivity contribution in [3.05, 3.63) is 36.5 Å². The Bertz CT molecular complexity index is 686. The largest absolute Gasteiger partial charge is 0.371 e. The first-order valence-electron chi connectivity index (χ1n) is 8.21. The quantitative estimate of drug-likeness (QED) is 0.855. The summed E-state index contributed by atoms with van der Waals surface area (Å²) >= 11 is 0. The molecule has 4 rings (SSSR count). The maximum atomic E-state index is 11.9. The Morgan fingerprint density at radius 3 is 2.64 bits per heavy atom. The molecule has 2 fully saturated rings. The molecule has 1 aromatic heterocycles. The summed E-state index contributed by atoms with van der Waals surface area (Å²) in [6.45, 7) is 2.99. The number of hydrogen-bond donors (Lipinski definition) is 0. The van der Waals surface area contributed by atoms with E-state index in [4.69, 9.17) is 0 Å². The maximum absolute atomic E-state index is 11.9. The molecule has 4 heteroatoms. The lowest BCUT2D eigenvalue weighted by molar-refractivity contribution is -0.130. The summed E-state index contributed by atoms with van der Waals surface area (Å²) < 4.78 is 0. The van der Waals surface area contributed by atoms with Gasteiger partial charge in [0, 0.05) is 49.4 Å². The molecule has 2 saturated heterocycles. The van der Waals surface area contributed by atoms with Gasteiger partial charge in [0.25, 0.3) is 0 Å². The van der Waals surface area contributed by atoms with Crippen molar-refractivity contribution in [3.8, 4) is 0 Å². The second-order valence-corrected chi connectivity index (χ2v) is 6.26. The number of aromatic nitrogens is 1. The Balaban J connectivity index is 1.52. The van der Waals surface area contributed by atoms with E-state index in [0.29, 0.717) is 11.9 Å². The van der Waals surface area contributed by atoms with Gasteiger partial charge in [-0.25, -0.2) is 0 Å². The van der Waals surface area contributed by atoms with Crippen LogP contribution >= 0.6 is 0 Å². The number of anilines is 1. The molecule has 0 bridgehead atoms. The molecule has 0 atom stereocenters.